The van der Waals surface area contributed by atoms with Gasteiger partial charge in [0.2, 0.25) is 0 Å². The predicted molar refractivity (Wildman–Crippen MR) is 42.8 cm³/mol. The average Bonchev–Trinajstić information content (AvgIpc) is 2.36. The Morgan fingerprint density at radius 3 is 3.00 bits per heavy atom. The first-order valence-electron chi connectivity index (χ1n) is 4.17. The van der Waals surface area contributed by atoms with E-state index in [1.165, 1.54) is 0 Å². The van der Waals surface area contributed by atoms with Gasteiger partial charge in [0.15, 0.2) is 0 Å². The average molecular weight is 171 g/mol. The molecule has 0 heterocycles. The first-order chi connectivity index (χ1) is 5.72. The minimum atomic E-state index is -0.419. The molecule has 1 rings (SSSR count). The summed E-state index contributed by atoms with van der Waals surface area (Å²) in [7, 11) is 0. The van der Waals surface area contributed by atoms with Gasteiger partial charge in [-0.3, -0.25) is 4.79 Å². The van der Waals surface area contributed by atoms with Gasteiger partial charge in [0.05, 0.1) is 6.61 Å². The van der Waals surface area contributed by atoms with Crippen LogP contribution in [0, 0.1) is 0 Å². The molecule has 0 saturated heterocycles. The van der Waals surface area contributed by atoms with Crippen molar-refractivity contribution in [1.82, 2.24) is 5.32 Å². The van der Waals surface area contributed by atoms with Gasteiger partial charge in [0, 0.05) is 18.9 Å². The number of ether oxygens (including phenoxy) is 1. The molecule has 4 heteroatoms. The SMILES string of the molecule is CCOC(=O)NC1CCC(=O)C1. The van der Waals surface area contributed by atoms with E-state index in [2.05, 4.69) is 10.1 Å². The van der Waals surface area contributed by atoms with Crippen molar-refractivity contribution in [2.45, 2.75) is 32.2 Å². The van der Waals surface area contributed by atoms with E-state index in [1.54, 1.807) is 6.92 Å². The summed E-state index contributed by atoms with van der Waals surface area (Å²) in [6.07, 6.45) is 1.37. The summed E-state index contributed by atoms with van der Waals surface area (Å²) in [6, 6.07) is -0.00319. The maximum absolute atomic E-state index is 10.9. The van der Waals surface area contributed by atoms with Gasteiger partial charge in [-0.25, -0.2) is 4.79 Å². The van der Waals surface area contributed by atoms with Crippen LogP contribution in [0.5, 0.6) is 0 Å². The Balaban J connectivity index is 2.23. The zero-order chi connectivity index (χ0) is 8.97. The third kappa shape index (κ3) is 2.53. The van der Waals surface area contributed by atoms with E-state index in [0.717, 1.165) is 6.42 Å². The molecule has 1 saturated carbocycles. The van der Waals surface area contributed by atoms with Crippen LogP contribution in [-0.2, 0) is 9.53 Å². The molecule has 0 aromatic rings. The molecule has 0 spiro atoms. The highest BCUT2D eigenvalue weighted by Gasteiger charge is 2.23. The van der Waals surface area contributed by atoms with Crippen LogP contribution in [0.4, 0.5) is 4.79 Å². The van der Waals surface area contributed by atoms with Gasteiger partial charge in [-0.15, -0.1) is 0 Å². The molecule has 1 aliphatic rings. The predicted octanol–water partition coefficient (Wildman–Crippen LogP) is 0.854. The second-order valence-electron chi connectivity index (χ2n) is 2.84. The van der Waals surface area contributed by atoms with Crippen molar-refractivity contribution < 1.29 is 14.3 Å². The molecule has 0 radical (unpaired) electrons. The van der Waals surface area contributed by atoms with Crippen LogP contribution in [0.25, 0.3) is 0 Å². The van der Waals surface area contributed by atoms with Gasteiger partial charge < -0.3 is 10.1 Å². The molecule has 1 amide bonds. The van der Waals surface area contributed by atoms with Crippen molar-refractivity contribution in [3.63, 3.8) is 0 Å². The van der Waals surface area contributed by atoms with E-state index in [0.29, 0.717) is 19.4 Å². The Morgan fingerprint density at radius 2 is 2.50 bits per heavy atom. The summed E-state index contributed by atoms with van der Waals surface area (Å²) >= 11 is 0. The van der Waals surface area contributed by atoms with Gasteiger partial charge in [-0.05, 0) is 13.3 Å². The lowest BCUT2D eigenvalue weighted by Crippen LogP contribution is -2.33. The molecule has 0 aromatic heterocycles. The quantitative estimate of drug-likeness (QED) is 0.670. The van der Waals surface area contributed by atoms with E-state index in [4.69, 9.17) is 0 Å². The van der Waals surface area contributed by atoms with E-state index in [-0.39, 0.29) is 11.8 Å². The number of nitrogens with one attached hydrogen (secondary N) is 1. The number of carbonyl (C=O) groups is 2. The maximum Gasteiger partial charge on any atom is 0.407 e. The summed E-state index contributed by atoms with van der Waals surface area (Å²) in [6.45, 7) is 2.12. The lowest BCUT2D eigenvalue weighted by Gasteiger charge is -2.09. The van der Waals surface area contributed by atoms with Crippen LogP contribution in [0.1, 0.15) is 26.2 Å². The van der Waals surface area contributed by atoms with Gasteiger partial charge in [0.25, 0.3) is 0 Å². The summed E-state index contributed by atoms with van der Waals surface area (Å²) in [4.78, 5) is 21.7. The minimum Gasteiger partial charge on any atom is -0.450 e. The molecule has 1 N–H and O–H groups in total. The molecule has 1 atom stereocenters. The van der Waals surface area contributed by atoms with Crippen molar-refractivity contribution in [3.05, 3.63) is 0 Å². The van der Waals surface area contributed by atoms with Crippen LogP contribution in [0.2, 0.25) is 0 Å². The van der Waals surface area contributed by atoms with E-state index < -0.39 is 6.09 Å². The Labute approximate surface area is 71.3 Å². The summed E-state index contributed by atoms with van der Waals surface area (Å²) < 4.78 is 4.68. The number of carbonyl (C=O) groups excluding carboxylic acids is 2. The highest BCUT2D eigenvalue weighted by molar-refractivity contribution is 5.82. The monoisotopic (exact) mass is 171 g/mol. The molecule has 4 nitrogen and oxygen atoms in total. The number of hydrogen-bond donors (Lipinski definition) is 1. The molecule has 1 fully saturated rings. The van der Waals surface area contributed by atoms with Crippen molar-refractivity contribution in [2.75, 3.05) is 6.61 Å². The lowest BCUT2D eigenvalue weighted by atomic mass is 10.3. The van der Waals surface area contributed by atoms with Crippen molar-refractivity contribution in [3.8, 4) is 0 Å². The molecule has 12 heavy (non-hydrogen) atoms. The Bertz CT molecular complexity index is 191. The Morgan fingerprint density at radius 1 is 1.75 bits per heavy atom. The molecular weight excluding hydrogens is 158 g/mol. The normalized spacial score (nSPS) is 22.4. The van der Waals surface area contributed by atoms with Crippen LogP contribution in [0.3, 0.4) is 0 Å². The van der Waals surface area contributed by atoms with Crippen molar-refractivity contribution in [2.24, 2.45) is 0 Å². The molecule has 68 valence electrons. The third-order valence-electron chi connectivity index (χ3n) is 1.84. The molecule has 1 aliphatic carbocycles. The molecular formula is C8H13NO3. The fourth-order valence-electron chi connectivity index (χ4n) is 1.28. The van der Waals surface area contributed by atoms with Crippen LogP contribution in [0.15, 0.2) is 0 Å². The number of amides is 1. The number of hydrogen-bond acceptors (Lipinski definition) is 3. The Hall–Kier alpha value is -1.06. The van der Waals surface area contributed by atoms with Gasteiger partial charge in [-0.2, -0.15) is 0 Å². The smallest absolute Gasteiger partial charge is 0.407 e. The number of rotatable bonds is 2. The number of alkyl carbamates (subject to hydrolysis) is 1. The van der Waals surface area contributed by atoms with Crippen molar-refractivity contribution >= 4 is 11.9 Å². The van der Waals surface area contributed by atoms with Gasteiger partial charge in [0.1, 0.15) is 5.78 Å². The van der Waals surface area contributed by atoms with E-state index >= 15 is 0 Å². The number of Topliss-reactive ketones (excluding diaryl/α,β-unsaturated/α-hetero) is 1. The highest BCUT2D eigenvalue weighted by Crippen LogP contribution is 2.14. The lowest BCUT2D eigenvalue weighted by molar-refractivity contribution is -0.117. The minimum absolute atomic E-state index is 0.00319. The van der Waals surface area contributed by atoms with E-state index in [1.807, 2.05) is 0 Å². The Kier molecular flexibility index (Phi) is 3.08. The zero-order valence-electron chi connectivity index (χ0n) is 7.13. The van der Waals surface area contributed by atoms with Crippen LogP contribution >= 0.6 is 0 Å². The topological polar surface area (TPSA) is 55.4 Å². The van der Waals surface area contributed by atoms with Crippen molar-refractivity contribution in [1.29, 1.82) is 0 Å². The van der Waals surface area contributed by atoms with E-state index in [9.17, 15) is 9.59 Å². The number of ketones is 1. The molecule has 1 unspecified atom stereocenters. The van der Waals surface area contributed by atoms with Gasteiger partial charge >= 0.3 is 6.09 Å². The second-order valence-corrected chi connectivity index (χ2v) is 2.84. The first kappa shape index (κ1) is 9.03. The van der Waals surface area contributed by atoms with Gasteiger partial charge in [-0.1, -0.05) is 0 Å². The first-order valence-corrected chi connectivity index (χ1v) is 4.17. The summed E-state index contributed by atoms with van der Waals surface area (Å²) in [5.74, 6) is 0.219. The fourth-order valence-corrected chi connectivity index (χ4v) is 1.28. The third-order valence-corrected chi connectivity index (χ3v) is 1.84. The highest BCUT2D eigenvalue weighted by atomic mass is 16.5. The zero-order valence-corrected chi connectivity index (χ0v) is 7.13. The van der Waals surface area contributed by atoms with Crippen LogP contribution in [-0.4, -0.2) is 24.5 Å². The largest absolute Gasteiger partial charge is 0.450 e. The fraction of sp³-hybridized carbons (Fsp3) is 0.750. The second kappa shape index (κ2) is 4.09. The summed E-state index contributed by atoms with van der Waals surface area (Å²) in [5.41, 5.74) is 0. The molecule has 0 aromatic carbocycles. The molecule has 0 aliphatic heterocycles. The summed E-state index contributed by atoms with van der Waals surface area (Å²) in [5, 5.41) is 2.63. The standard InChI is InChI=1S/C8H13NO3/c1-2-12-8(11)9-6-3-4-7(10)5-6/h6H,2-5H2,1H3,(H,9,11). The maximum atomic E-state index is 10.9. The molecule has 0 bridgehead atoms. The van der Waals surface area contributed by atoms with Crippen LogP contribution < -0.4 is 5.32 Å².